The lowest BCUT2D eigenvalue weighted by Gasteiger charge is -2.30. The largest absolute Gasteiger partial charge is 0.481 e. The number of rotatable bonds is 2. The lowest BCUT2D eigenvalue weighted by Crippen LogP contribution is -2.39. The molecule has 4 atom stereocenters. The highest BCUT2D eigenvalue weighted by Crippen LogP contribution is 2.55. The Kier molecular flexibility index (Phi) is 2.23. The van der Waals surface area contributed by atoms with E-state index in [1.165, 1.54) is 0 Å². The van der Waals surface area contributed by atoms with Gasteiger partial charge in [-0.25, -0.2) is 0 Å². The minimum atomic E-state index is -0.753. The molecule has 2 bridgehead atoms. The number of carboxylic acids is 1. The summed E-state index contributed by atoms with van der Waals surface area (Å²) in [7, 11) is 0. The van der Waals surface area contributed by atoms with E-state index in [4.69, 9.17) is 4.74 Å². The summed E-state index contributed by atoms with van der Waals surface area (Å²) in [6, 6.07) is 3.79. The molecular weight excluding hydrogens is 218 g/mol. The first-order valence-corrected chi connectivity index (χ1v) is 5.92. The van der Waals surface area contributed by atoms with Crippen molar-refractivity contribution in [2.75, 3.05) is 0 Å². The van der Waals surface area contributed by atoms with Crippen LogP contribution in [0.1, 0.15) is 31.2 Å². The standard InChI is InChI=1S/C13H15NO3/c1-13-5-2-9(17-13)10(11(13)12(15)16)8-3-6-14-7-4-8/h3-4,6-7,9-11H,2,5H2,1H3,(H,15,16). The van der Waals surface area contributed by atoms with E-state index in [0.29, 0.717) is 0 Å². The molecule has 0 radical (unpaired) electrons. The first-order chi connectivity index (χ1) is 8.12. The molecule has 1 aromatic rings. The van der Waals surface area contributed by atoms with Crippen LogP contribution in [0.5, 0.6) is 0 Å². The molecule has 4 heteroatoms. The summed E-state index contributed by atoms with van der Waals surface area (Å²) in [6.45, 7) is 1.92. The number of aliphatic carboxylic acids is 1. The average molecular weight is 233 g/mol. The summed E-state index contributed by atoms with van der Waals surface area (Å²) in [5.74, 6) is -1.23. The highest BCUT2D eigenvalue weighted by atomic mass is 16.5. The van der Waals surface area contributed by atoms with Crippen molar-refractivity contribution < 1.29 is 14.6 Å². The lowest BCUT2D eigenvalue weighted by molar-refractivity contribution is -0.147. The third-order valence-corrected chi connectivity index (χ3v) is 4.12. The number of fused-ring (bicyclic) bond motifs is 2. The topological polar surface area (TPSA) is 59.4 Å². The van der Waals surface area contributed by atoms with E-state index in [-0.39, 0.29) is 12.0 Å². The summed E-state index contributed by atoms with van der Waals surface area (Å²) in [4.78, 5) is 15.5. The van der Waals surface area contributed by atoms with E-state index in [1.807, 2.05) is 19.1 Å². The van der Waals surface area contributed by atoms with E-state index in [2.05, 4.69) is 4.98 Å². The number of hydrogen-bond acceptors (Lipinski definition) is 3. The minimum Gasteiger partial charge on any atom is -0.481 e. The van der Waals surface area contributed by atoms with Crippen LogP contribution in [0.2, 0.25) is 0 Å². The van der Waals surface area contributed by atoms with Gasteiger partial charge in [-0.05, 0) is 37.5 Å². The molecule has 3 rings (SSSR count). The first-order valence-electron chi connectivity index (χ1n) is 5.92. The van der Waals surface area contributed by atoms with Crippen molar-refractivity contribution in [1.29, 1.82) is 0 Å². The third-order valence-electron chi connectivity index (χ3n) is 4.12. The molecule has 4 nitrogen and oxygen atoms in total. The number of pyridine rings is 1. The summed E-state index contributed by atoms with van der Waals surface area (Å²) < 4.78 is 5.90. The molecule has 2 aliphatic rings. The number of carbonyl (C=O) groups is 1. The van der Waals surface area contributed by atoms with Gasteiger partial charge in [-0.15, -0.1) is 0 Å². The molecule has 0 aromatic carbocycles. The Labute approximate surface area is 99.6 Å². The van der Waals surface area contributed by atoms with Crippen LogP contribution in [0.4, 0.5) is 0 Å². The van der Waals surface area contributed by atoms with Gasteiger partial charge >= 0.3 is 5.97 Å². The van der Waals surface area contributed by atoms with Gasteiger partial charge < -0.3 is 9.84 Å². The van der Waals surface area contributed by atoms with Gasteiger partial charge in [0.25, 0.3) is 0 Å². The van der Waals surface area contributed by atoms with Crippen molar-refractivity contribution in [3.63, 3.8) is 0 Å². The van der Waals surface area contributed by atoms with Gasteiger partial charge in [-0.2, -0.15) is 0 Å². The van der Waals surface area contributed by atoms with Gasteiger partial charge in [0, 0.05) is 18.3 Å². The smallest absolute Gasteiger partial charge is 0.310 e. The molecule has 90 valence electrons. The Bertz CT molecular complexity index is 447. The Morgan fingerprint density at radius 2 is 2.24 bits per heavy atom. The predicted octanol–water partition coefficient (Wildman–Crippen LogP) is 1.82. The van der Waals surface area contributed by atoms with Crippen molar-refractivity contribution in [3.05, 3.63) is 30.1 Å². The van der Waals surface area contributed by atoms with Gasteiger partial charge in [-0.1, -0.05) is 0 Å². The van der Waals surface area contributed by atoms with Crippen LogP contribution in [0.25, 0.3) is 0 Å². The molecule has 17 heavy (non-hydrogen) atoms. The van der Waals surface area contributed by atoms with Crippen LogP contribution < -0.4 is 0 Å². The van der Waals surface area contributed by atoms with Gasteiger partial charge in [0.1, 0.15) is 0 Å². The monoisotopic (exact) mass is 233 g/mol. The van der Waals surface area contributed by atoms with Crippen LogP contribution in [-0.2, 0) is 9.53 Å². The molecule has 0 spiro atoms. The molecule has 3 heterocycles. The van der Waals surface area contributed by atoms with Crippen LogP contribution >= 0.6 is 0 Å². The van der Waals surface area contributed by atoms with Crippen molar-refractivity contribution >= 4 is 5.97 Å². The van der Waals surface area contributed by atoms with E-state index in [9.17, 15) is 9.90 Å². The van der Waals surface area contributed by atoms with E-state index in [0.717, 1.165) is 18.4 Å². The molecule has 0 saturated carbocycles. The SMILES string of the molecule is CC12CCC(O1)C(c1ccncc1)C2C(=O)O. The van der Waals surface area contributed by atoms with Crippen molar-refractivity contribution in [2.45, 2.75) is 37.4 Å². The second-order valence-corrected chi connectivity index (χ2v) is 5.13. The summed E-state index contributed by atoms with van der Waals surface area (Å²) in [5, 5.41) is 9.44. The molecule has 2 fully saturated rings. The number of nitrogens with zero attached hydrogens (tertiary/aromatic N) is 1. The molecule has 1 aromatic heterocycles. The Morgan fingerprint density at radius 1 is 1.53 bits per heavy atom. The zero-order valence-corrected chi connectivity index (χ0v) is 9.67. The number of carboxylic acid groups (broad SMARTS) is 1. The fraction of sp³-hybridized carbons (Fsp3) is 0.538. The van der Waals surface area contributed by atoms with Crippen LogP contribution in [0.15, 0.2) is 24.5 Å². The first kappa shape index (κ1) is 10.7. The maximum Gasteiger partial charge on any atom is 0.310 e. The van der Waals surface area contributed by atoms with Crippen molar-refractivity contribution in [2.24, 2.45) is 5.92 Å². The predicted molar refractivity (Wildman–Crippen MR) is 60.6 cm³/mol. The van der Waals surface area contributed by atoms with E-state index >= 15 is 0 Å². The molecule has 1 N–H and O–H groups in total. The Morgan fingerprint density at radius 3 is 2.88 bits per heavy atom. The Hall–Kier alpha value is -1.42. The van der Waals surface area contributed by atoms with Gasteiger partial charge in [0.05, 0.1) is 17.6 Å². The van der Waals surface area contributed by atoms with E-state index in [1.54, 1.807) is 12.4 Å². The molecule has 0 aliphatic carbocycles. The van der Waals surface area contributed by atoms with E-state index < -0.39 is 17.5 Å². The molecule has 2 saturated heterocycles. The summed E-state index contributed by atoms with van der Waals surface area (Å²) in [6.07, 6.45) is 5.26. The average Bonchev–Trinajstić information content (AvgIpc) is 2.82. The zero-order valence-electron chi connectivity index (χ0n) is 9.67. The zero-order chi connectivity index (χ0) is 12.0. The third kappa shape index (κ3) is 1.47. The fourth-order valence-corrected chi connectivity index (χ4v) is 3.38. The number of hydrogen-bond donors (Lipinski definition) is 1. The second-order valence-electron chi connectivity index (χ2n) is 5.13. The Balaban J connectivity index is 2.02. The van der Waals surface area contributed by atoms with Crippen molar-refractivity contribution in [1.82, 2.24) is 4.98 Å². The second kappa shape index (κ2) is 3.53. The molecular formula is C13H15NO3. The highest BCUT2D eigenvalue weighted by molar-refractivity contribution is 5.74. The fourth-order valence-electron chi connectivity index (χ4n) is 3.38. The molecule has 4 unspecified atom stereocenters. The van der Waals surface area contributed by atoms with Crippen LogP contribution in [-0.4, -0.2) is 27.8 Å². The molecule has 0 amide bonds. The van der Waals surface area contributed by atoms with Gasteiger partial charge in [-0.3, -0.25) is 9.78 Å². The van der Waals surface area contributed by atoms with Crippen molar-refractivity contribution in [3.8, 4) is 0 Å². The van der Waals surface area contributed by atoms with Crippen LogP contribution in [0.3, 0.4) is 0 Å². The highest BCUT2D eigenvalue weighted by Gasteiger charge is 2.60. The lowest BCUT2D eigenvalue weighted by atomic mass is 9.70. The quantitative estimate of drug-likeness (QED) is 0.846. The maximum absolute atomic E-state index is 11.5. The van der Waals surface area contributed by atoms with Gasteiger partial charge in [0.15, 0.2) is 0 Å². The molecule has 2 aliphatic heterocycles. The number of ether oxygens (including phenoxy) is 1. The maximum atomic E-state index is 11.5. The normalized spacial score (nSPS) is 39.5. The number of aromatic nitrogens is 1. The minimum absolute atomic E-state index is 0.0331. The summed E-state index contributed by atoms with van der Waals surface area (Å²) >= 11 is 0. The van der Waals surface area contributed by atoms with Crippen LogP contribution in [0, 0.1) is 5.92 Å². The summed E-state index contributed by atoms with van der Waals surface area (Å²) in [5.41, 5.74) is 0.533. The van der Waals surface area contributed by atoms with Gasteiger partial charge in [0.2, 0.25) is 0 Å².